The van der Waals surface area contributed by atoms with Gasteiger partial charge in [0.05, 0.1) is 12.2 Å². The lowest BCUT2D eigenvalue weighted by molar-refractivity contribution is -0.150. The topological polar surface area (TPSA) is 91.2 Å². The molecule has 1 atom stereocenters. The summed E-state index contributed by atoms with van der Waals surface area (Å²) >= 11 is 0. The standard InChI is InChI=1S/C18H23N5O3/c1-6-25-13-10-8-7-9-12(13)15-14(16(24)26-18(3,4)5)11(2)19-17-20-21-22-23(15)17/h7-10,15H,6H2,1-5H3,(H,19,20,22)/t15-/m1/s1. The van der Waals surface area contributed by atoms with E-state index in [1.54, 1.807) is 4.68 Å². The molecule has 1 aromatic carbocycles. The van der Waals surface area contributed by atoms with Crippen LogP contribution in [0, 0.1) is 0 Å². The van der Waals surface area contributed by atoms with Crippen molar-refractivity contribution in [2.75, 3.05) is 11.9 Å². The van der Waals surface area contributed by atoms with Crippen LogP contribution in [0.25, 0.3) is 0 Å². The van der Waals surface area contributed by atoms with Gasteiger partial charge >= 0.3 is 5.97 Å². The maximum Gasteiger partial charge on any atom is 0.338 e. The molecular formula is C18H23N5O3. The van der Waals surface area contributed by atoms with E-state index < -0.39 is 17.6 Å². The second kappa shape index (κ2) is 6.78. The van der Waals surface area contributed by atoms with Gasteiger partial charge in [-0.15, -0.1) is 0 Å². The Morgan fingerprint density at radius 1 is 1.31 bits per heavy atom. The molecule has 1 aliphatic heterocycles. The van der Waals surface area contributed by atoms with Crippen molar-refractivity contribution in [3.05, 3.63) is 41.1 Å². The molecule has 0 fully saturated rings. The van der Waals surface area contributed by atoms with Gasteiger partial charge in [0.25, 0.3) is 0 Å². The first kappa shape index (κ1) is 17.9. The molecule has 0 amide bonds. The molecule has 0 unspecified atom stereocenters. The van der Waals surface area contributed by atoms with Crippen LogP contribution in [-0.4, -0.2) is 38.4 Å². The van der Waals surface area contributed by atoms with Crippen LogP contribution in [0.3, 0.4) is 0 Å². The van der Waals surface area contributed by atoms with Crippen LogP contribution in [0.2, 0.25) is 0 Å². The number of allylic oxidation sites excluding steroid dienone is 1. The Hall–Kier alpha value is -2.90. The molecule has 1 aliphatic rings. The molecule has 0 bridgehead atoms. The van der Waals surface area contributed by atoms with Crippen LogP contribution in [0.5, 0.6) is 5.75 Å². The van der Waals surface area contributed by atoms with Gasteiger partial charge in [0.2, 0.25) is 5.95 Å². The zero-order valence-corrected chi connectivity index (χ0v) is 15.6. The van der Waals surface area contributed by atoms with Gasteiger partial charge in [0.1, 0.15) is 17.4 Å². The van der Waals surface area contributed by atoms with Gasteiger partial charge in [0.15, 0.2) is 0 Å². The lowest BCUT2D eigenvalue weighted by Gasteiger charge is -2.30. The Bertz CT molecular complexity index is 851. The minimum absolute atomic E-state index is 0.417. The second-order valence-electron chi connectivity index (χ2n) is 6.99. The van der Waals surface area contributed by atoms with E-state index in [9.17, 15) is 4.79 Å². The number of hydrogen-bond donors (Lipinski definition) is 1. The molecule has 0 aliphatic carbocycles. The highest BCUT2D eigenvalue weighted by atomic mass is 16.6. The number of fused-ring (bicyclic) bond motifs is 1. The molecule has 2 heterocycles. The molecule has 0 radical (unpaired) electrons. The maximum atomic E-state index is 13.0. The van der Waals surface area contributed by atoms with Crippen LogP contribution in [-0.2, 0) is 9.53 Å². The fourth-order valence-electron chi connectivity index (χ4n) is 2.89. The summed E-state index contributed by atoms with van der Waals surface area (Å²) < 4.78 is 13.0. The Morgan fingerprint density at radius 3 is 2.73 bits per heavy atom. The Kier molecular flexibility index (Phi) is 4.67. The number of para-hydroxylation sites is 1. The van der Waals surface area contributed by atoms with Crippen LogP contribution >= 0.6 is 0 Å². The van der Waals surface area contributed by atoms with Crippen molar-refractivity contribution in [2.24, 2.45) is 0 Å². The number of hydrogen-bond acceptors (Lipinski definition) is 7. The lowest BCUT2D eigenvalue weighted by Crippen LogP contribution is -2.33. The highest BCUT2D eigenvalue weighted by Crippen LogP contribution is 2.39. The van der Waals surface area contributed by atoms with E-state index >= 15 is 0 Å². The van der Waals surface area contributed by atoms with Gasteiger partial charge in [-0.2, -0.15) is 4.68 Å². The monoisotopic (exact) mass is 357 g/mol. The van der Waals surface area contributed by atoms with Gasteiger partial charge < -0.3 is 14.8 Å². The average Bonchev–Trinajstić information content (AvgIpc) is 3.00. The van der Waals surface area contributed by atoms with Crippen LogP contribution in [0.4, 0.5) is 5.95 Å². The summed E-state index contributed by atoms with van der Waals surface area (Å²) in [5.41, 5.74) is 1.28. The Labute approximate surface area is 152 Å². The zero-order valence-electron chi connectivity index (χ0n) is 15.6. The first-order valence-electron chi connectivity index (χ1n) is 8.52. The van der Waals surface area contributed by atoms with Crippen LogP contribution in [0.15, 0.2) is 35.5 Å². The van der Waals surface area contributed by atoms with Gasteiger partial charge in [-0.3, -0.25) is 0 Å². The first-order valence-corrected chi connectivity index (χ1v) is 8.52. The van der Waals surface area contributed by atoms with E-state index in [0.29, 0.717) is 29.6 Å². The predicted molar refractivity (Wildman–Crippen MR) is 95.7 cm³/mol. The molecule has 0 saturated carbocycles. The van der Waals surface area contributed by atoms with Crippen LogP contribution in [0.1, 0.15) is 46.2 Å². The zero-order chi connectivity index (χ0) is 18.9. The molecule has 138 valence electrons. The molecule has 0 spiro atoms. The van der Waals surface area contributed by atoms with E-state index in [1.165, 1.54) is 0 Å². The van der Waals surface area contributed by atoms with Crippen molar-refractivity contribution in [2.45, 2.75) is 46.3 Å². The van der Waals surface area contributed by atoms with Gasteiger partial charge in [-0.05, 0) is 51.1 Å². The maximum absolute atomic E-state index is 13.0. The number of anilines is 1. The van der Waals surface area contributed by atoms with Crippen molar-refractivity contribution in [3.63, 3.8) is 0 Å². The number of ether oxygens (including phenoxy) is 2. The number of tetrazole rings is 1. The van der Waals surface area contributed by atoms with Crippen molar-refractivity contribution in [3.8, 4) is 5.75 Å². The SMILES string of the molecule is CCOc1ccccc1[C@@H]1C(C(=O)OC(C)(C)C)=C(C)Nc2nnnn21. The Balaban J connectivity index is 2.14. The molecular weight excluding hydrogens is 334 g/mol. The quantitative estimate of drug-likeness (QED) is 0.841. The molecule has 1 N–H and O–H groups in total. The van der Waals surface area contributed by atoms with E-state index in [4.69, 9.17) is 9.47 Å². The fourth-order valence-corrected chi connectivity index (χ4v) is 2.89. The van der Waals surface area contributed by atoms with Gasteiger partial charge in [-0.1, -0.05) is 23.3 Å². The van der Waals surface area contributed by atoms with Crippen LogP contribution < -0.4 is 10.1 Å². The summed E-state index contributed by atoms with van der Waals surface area (Å²) in [5.74, 6) is 0.725. The number of esters is 1. The molecule has 0 saturated heterocycles. The second-order valence-corrected chi connectivity index (χ2v) is 6.99. The third-order valence-corrected chi connectivity index (χ3v) is 3.85. The number of carbonyl (C=O) groups is 1. The number of rotatable bonds is 4. The molecule has 3 rings (SSSR count). The minimum atomic E-state index is -0.616. The molecule has 2 aromatic rings. The predicted octanol–water partition coefficient (Wildman–Crippen LogP) is 2.70. The normalized spacial score (nSPS) is 16.7. The third-order valence-electron chi connectivity index (χ3n) is 3.85. The number of nitrogens with zero attached hydrogens (tertiary/aromatic N) is 4. The van der Waals surface area contributed by atoms with Crippen molar-refractivity contribution in [1.29, 1.82) is 0 Å². The largest absolute Gasteiger partial charge is 0.494 e. The number of aromatic nitrogens is 4. The number of benzene rings is 1. The Morgan fingerprint density at radius 2 is 2.04 bits per heavy atom. The minimum Gasteiger partial charge on any atom is -0.494 e. The van der Waals surface area contributed by atoms with E-state index in [0.717, 1.165) is 5.56 Å². The molecule has 8 nitrogen and oxygen atoms in total. The highest BCUT2D eigenvalue weighted by molar-refractivity contribution is 5.92. The van der Waals surface area contributed by atoms with E-state index in [-0.39, 0.29) is 0 Å². The molecule has 1 aromatic heterocycles. The lowest BCUT2D eigenvalue weighted by atomic mass is 9.94. The highest BCUT2D eigenvalue weighted by Gasteiger charge is 2.37. The summed E-state index contributed by atoms with van der Waals surface area (Å²) in [6, 6.07) is 7.02. The first-order chi connectivity index (χ1) is 12.3. The fraction of sp³-hybridized carbons (Fsp3) is 0.444. The third kappa shape index (κ3) is 3.40. The summed E-state index contributed by atoms with van der Waals surface area (Å²) in [7, 11) is 0. The van der Waals surface area contributed by atoms with E-state index in [1.807, 2.05) is 58.9 Å². The summed E-state index contributed by atoms with van der Waals surface area (Å²) in [5, 5.41) is 14.9. The molecule has 8 heteroatoms. The summed E-state index contributed by atoms with van der Waals surface area (Å²) in [6.07, 6.45) is 0. The van der Waals surface area contributed by atoms with Crippen molar-refractivity contribution in [1.82, 2.24) is 20.2 Å². The van der Waals surface area contributed by atoms with Gasteiger partial charge in [0, 0.05) is 11.3 Å². The summed E-state index contributed by atoms with van der Waals surface area (Å²) in [4.78, 5) is 13.0. The van der Waals surface area contributed by atoms with Gasteiger partial charge in [-0.25, -0.2) is 4.79 Å². The smallest absolute Gasteiger partial charge is 0.338 e. The van der Waals surface area contributed by atoms with Crippen molar-refractivity contribution >= 4 is 11.9 Å². The van der Waals surface area contributed by atoms with Crippen molar-refractivity contribution < 1.29 is 14.3 Å². The summed E-state index contributed by atoms with van der Waals surface area (Å²) in [6.45, 7) is 9.74. The average molecular weight is 357 g/mol. The molecule has 26 heavy (non-hydrogen) atoms. The van der Waals surface area contributed by atoms with E-state index in [2.05, 4.69) is 20.8 Å². The number of carbonyl (C=O) groups excluding carboxylic acids is 1. The number of nitrogens with one attached hydrogen (secondary N) is 1.